The molecule has 0 spiro atoms. The third-order valence-electron chi connectivity index (χ3n) is 2.19. The van der Waals surface area contributed by atoms with Crippen LogP contribution in [0.4, 0.5) is 0 Å². The largest absolute Gasteiger partial charge is 0.389 e. The minimum Gasteiger partial charge on any atom is -0.389 e. The molecule has 2 heterocycles. The highest BCUT2D eigenvalue weighted by Crippen LogP contribution is 2.22. The van der Waals surface area contributed by atoms with E-state index in [-0.39, 0.29) is 15.7 Å². The van der Waals surface area contributed by atoms with Crippen molar-refractivity contribution in [3.05, 3.63) is 33.1 Å². The van der Waals surface area contributed by atoms with Crippen LogP contribution in [0.5, 0.6) is 0 Å². The fourth-order valence-electron chi connectivity index (χ4n) is 1.32. The van der Waals surface area contributed by atoms with Crippen molar-refractivity contribution in [3.8, 4) is 0 Å². The summed E-state index contributed by atoms with van der Waals surface area (Å²) in [6.45, 7) is 2.10. The zero-order valence-electron chi connectivity index (χ0n) is 9.91. The number of aromatic nitrogens is 1. The number of thiazole rings is 1. The minimum absolute atomic E-state index is 0.199. The lowest BCUT2D eigenvalue weighted by atomic mass is 10.5. The molecule has 0 bridgehead atoms. The van der Waals surface area contributed by atoms with Gasteiger partial charge in [0.15, 0.2) is 0 Å². The van der Waals surface area contributed by atoms with Crippen molar-refractivity contribution in [2.24, 2.45) is 5.73 Å². The third-order valence-corrected chi connectivity index (χ3v) is 6.47. The topological polar surface area (TPSA) is 85.1 Å². The molecule has 0 aliphatic heterocycles. The van der Waals surface area contributed by atoms with Crippen molar-refractivity contribution in [1.29, 1.82) is 0 Å². The number of sulfonamides is 1. The van der Waals surface area contributed by atoms with E-state index in [2.05, 4.69) is 9.71 Å². The molecule has 0 fully saturated rings. The second-order valence-corrected chi connectivity index (χ2v) is 8.49. The quantitative estimate of drug-likeness (QED) is 0.812. The lowest BCUT2D eigenvalue weighted by Crippen LogP contribution is -2.21. The van der Waals surface area contributed by atoms with Crippen molar-refractivity contribution < 1.29 is 8.42 Å². The molecule has 0 unspecified atom stereocenters. The molecule has 5 nitrogen and oxygen atoms in total. The summed E-state index contributed by atoms with van der Waals surface area (Å²) in [6.07, 6.45) is 1.66. The maximum atomic E-state index is 12.0. The minimum atomic E-state index is -3.53. The summed E-state index contributed by atoms with van der Waals surface area (Å²) < 4.78 is 26.8. The van der Waals surface area contributed by atoms with Crippen molar-refractivity contribution in [1.82, 2.24) is 9.71 Å². The van der Waals surface area contributed by atoms with Gasteiger partial charge in [0.1, 0.15) is 9.20 Å². The summed E-state index contributed by atoms with van der Waals surface area (Å²) in [5.74, 6) is 0. The summed E-state index contributed by atoms with van der Waals surface area (Å²) in [4.78, 5) is 5.72. The van der Waals surface area contributed by atoms with E-state index in [0.717, 1.165) is 21.2 Å². The number of hydrogen-bond donors (Lipinski definition) is 2. The monoisotopic (exact) mass is 333 g/mol. The molecular formula is C10H11N3O2S4. The van der Waals surface area contributed by atoms with Gasteiger partial charge in [0.2, 0.25) is 10.0 Å². The Bertz CT molecular complexity index is 702. The van der Waals surface area contributed by atoms with Crippen LogP contribution in [0.25, 0.3) is 0 Å². The number of nitrogens with one attached hydrogen (secondary N) is 1. The maximum absolute atomic E-state index is 12.0. The Morgan fingerprint density at radius 2 is 2.21 bits per heavy atom. The summed E-state index contributed by atoms with van der Waals surface area (Å²) in [6, 6.07) is 3.11. The highest BCUT2D eigenvalue weighted by atomic mass is 32.2. The second-order valence-electron chi connectivity index (χ2n) is 3.65. The number of aryl methyl sites for hydroxylation is 1. The average Bonchev–Trinajstić information content (AvgIpc) is 2.95. The van der Waals surface area contributed by atoms with Crippen LogP contribution >= 0.6 is 34.9 Å². The molecule has 0 saturated heterocycles. The Morgan fingerprint density at radius 3 is 2.74 bits per heavy atom. The van der Waals surface area contributed by atoms with Crippen LogP contribution in [-0.2, 0) is 16.6 Å². The molecule has 0 saturated carbocycles. The Hall–Kier alpha value is -0.870. The SMILES string of the molecule is Cc1ncc(CNS(=O)(=O)c2ccc(C(N)=S)s2)s1. The van der Waals surface area contributed by atoms with Crippen LogP contribution in [0.15, 0.2) is 22.5 Å². The van der Waals surface area contributed by atoms with Crippen LogP contribution in [0.1, 0.15) is 14.8 Å². The summed E-state index contributed by atoms with van der Waals surface area (Å²) in [5, 5.41) is 0.904. The number of rotatable bonds is 5. The Morgan fingerprint density at radius 1 is 1.47 bits per heavy atom. The predicted octanol–water partition coefficient (Wildman–Crippen LogP) is 1.63. The number of thiocarbonyl (C=S) groups is 1. The molecule has 0 aliphatic rings. The van der Waals surface area contributed by atoms with Gasteiger partial charge in [-0.3, -0.25) is 0 Å². The first-order valence-electron chi connectivity index (χ1n) is 5.19. The third kappa shape index (κ3) is 3.57. The molecule has 2 aromatic heterocycles. The smallest absolute Gasteiger partial charge is 0.250 e. The first-order valence-corrected chi connectivity index (χ1v) is 8.71. The molecule has 2 rings (SSSR count). The fourth-order valence-corrected chi connectivity index (χ4v) is 4.55. The van der Waals surface area contributed by atoms with Crippen molar-refractivity contribution in [2.45, 2.75) is 17.7 Å². The molecule has 0 aromatic carbocycles. The maximum Gasteiger partial charge on any atom is 0.250 e. The van der Waals surface area contributed by atoms with E-state index in [9.17, 15) is 8.42 Å². The molecule has 9 heteroatoms. The highest BCUT2D eigenvalue weighted by Gasteiger charge is 2.17. The van der Waals surface area contributed by atoms with Gasteiger partial charge in [-0.15, -0.1) is 22.7 Å². The molecule has 0 atom stereocenters. The second kappa shape index (κ2) is 5.63. The van der Waals surface area contributed by atoms with E-state index in [1.165, 1.54) is 17.4 Å². The van der Waals surface area contributed by atoms with Crippen molar-refractivity contribution >= 4 is 49.9 Å². The first-order chi connectivity index (χ1) is 8.88. The summed E-state index contributed by atoms with van der Waals surface area (Å²) in [7, 11) is -3.53. The summed E-state index contributed by atoms with van der Waals surface area (Å²) >= 11 is 7.33. The van der Waals surface area contributed by atoms with E-state index >= 15 is 0 Å². The first kappa shape index (κ1) is 14.5. The lowest BCUT2D eigenvalue weighted by Gasteiger charge is -2.02. The van der Waals surface area contributed by atoms with Gasteiger partial charge in [-0.05, 0) is 19.1 Å². The fraction of sp³-hybridized carbons (Fsp3) is 0.200. The number of thiophene rings is 1. The van der Waals surface area contributed by atoms with Gasteiger partial charge in [0, 0.05) is 17.6 Å². The van der Waals surface area contributed by atoms with Gasteiger partial charge in [0.25, 0.3) is 0 Å². The standard InChI is InChI=1S/C10H11N3O2S4/c1-6-12-4-7(17-6)5-13-19(14,15)9-3-2-8(18-9)10(11)16/h2-4,13H,5H2,1H3,(H2,11,16). The normalized spacial score (nSPS) is 11.6. The van der Waals surface area contributed by atoms with Crippen LogP contribution < -0.4 is 10.5 Å². The van der Waals surface area contributed by atoms with E-state index in [1.54, 1.807) is 12.3 Å². The van der Waals surface area contributed by atoms with Gasteiger partial charge < -0.3 is 5.73 Å². The van der Waals surface area contributed by atoms with Crippen LogP contribution in [0.3, 0.4) is 0 Å². The van der Waals surface area contributed by atoms with E-state index in [0.29, 0.717) is 4.88 Å². The van der Waals surface area contributed by atoms with E-state index in [4.69, 9.17) is 18.0 Å². The zero-order chi connectivity index (χ0) is 14.0. The molecule has 3 N–H and O–H groups in total. The molecule has 0 aliphatic carbocycles. The molecular weight excluding hydrogens is 322 g/mol. The number of nitrogens with two attached hydrogens (primary N) is 1. The van der Waals surface area contributed by atoms with Crippen molar-refractivity contribution in [3.63, 3.8) is 0 Å². The average molecular weight is 333 g/mol. The van der Waals surface area contributed by atoms with E-state index < -0.39 is 10.0 Å². The Kier molecular flexibility index (Phi) is 4.31. The Balaban J connectivity index is 2.11. The van der Waals surface area contributed by atoms with Crippen LogP contribution in [0.2, 0.25) is 0 Å². The lowest BCUT2D eigenvalue weighted by molar-refractivity contribution is 0.584. The molecule has 0 amide bonds. The Labute approximate surface area is 124 Å². The van der Waals surface area contributed by atoms with Crippen LogP contribution in [-0.4, -0.2) is 18.4 Å². The van der Waals surface area contributed by atoms with E-state index in [1.807, 2.05) is 6.92 Å². The van der Waals surface area contributed by atoms with Gasteiger partial charge in [-0.25, -0.2) is 18.1 Å². The zero-order valence-corrected chi connectivity index (χ0v) is 13.2. The number of hydrogen-bond acceptors (Lipinski definition) is 6. The molecule has 102 valence electrons. The van der Waals surface area contributed by atoms with Gasteiger partial charge >= 0.3 is 0 Å². The number of nitrogens with zero attached hydrogens (tertiary/aromatic N) is 1. The molecule has 2 aromatic rings. The van der Waals surface area contributed by atoms with Gasteiger partial charge in [-0.1, -0.05) is 12.2 Å². The highest BCUT2D eigenvalue weighted by molar-refractivity contribution is 7.91. The van der Waals surface area contributed by atoms with Crippen molar-refractivity contribution in [2.75, 3.05) is 0 Å². The van der Waals surface area contributed by atoms with Gasteiger partial charge in [-0.2, -0.15) is 0 Å². The predicted molar refractivity (Wildman–Crippen MR) is 81.1 cm³/mol. The van der Waals surface area contributed by atoms with Gasteiger partial charge in [0.05, 0.1) is 9.88 Å². The molecule has 19 heavy (non-hydrogen) atoms. The van der Waals surface area contributed by atoms with Crippen LogP contribution in [0, 0.1) is 6.92 Å². The summed E-state index contributed by atoms with van der Waals surface area (Å²) in [5.41, 5.74) is 5.46. The molecule has 0 radical (unpaired) electrons.